The highest BCUT2D eigenvalue weighted by Crippen LogP contribution is 2.12. The van der Waals surface area contributed by atoms with E-state index < -0.39 is 0 Å². The van der Waals surface area contributed by atoms with Crippen LogP contribution in [0.2, 0.25) is 0 Å². The summed E-state index contributed by atoms with van der Waals surface area (Å²) in [6.07, 6.45) is 0. The van der Waals surface area contributed by atoms with Gasteiger partial charge in [0.1, 0.15) is 0 Å². The zero-order chi connectivity index (χ0) is 9.10. The molecule has 0 aromatic carbocycles. The molecule has 2 saturated heterocycles. The molecule has 2 aliphatic rings. The molecule has 0 aliphatic carbocycles. The Labute approximate surface area is 79.1 Å². The zero-order valence-corrected chi connectivity index (χ0v) is 7.98. The van der Waals surface area contributed by atoms with Crippen molar-refractivity contribution < 1.29 is 9.84 Å². The maximum Gasteiger partial charge on any atom is 0.0645 e. The van der Waals surface area contributed by atoms with Crippen LogP contribution in [0, 0.1) is 0 Å². The van der Waals surface area contributed by atoms with Crippen molar-refractivity contribution in [3.05, 3.63) is 0 Å². The van der Waals surface area contributed by atoms with Crippen molar-refractivity contribution >= 4 is 0 Å². The van der Waals surface area contributed by atoms with E-state index in [-0.39, 0.29) is 6.61 Å². The molecule has 2 aliphatic heterocycles. The van der Waals surface area contributed by atoms with Crippen LogP contribution in [-0.2, 0) is 4.74 Å². The lowest BCUT2D eigenvalue weighted by Gasteiger charge is -2.42. The molecule has 4 nitrogen and oxygen atoms in total. The highest BCUT2D eigenvalue weighted by Gasteiger charge is 2.28. The minimum Gasteiger partial charge on any atom is -0.395 e. The number of hydrogen-bond donors (Lipinski definition) is 1. The first kappa shape index (κ1) is 9.40. The Morgan fingerprint density at radius 2 is 1.85 bits per heavy atom. The first-order chi connectivity index (χ1) is 6.40. The molecule has 0 aromatic heterocycles. The van der Waals surface area contributed by atoms with Crippen LogP contribution in [0.5, 0.6) is 0 Å². The van der Waals surface area contributed by atoms with E-state index in [0.717, 1.165) is 45.9 Å². The molecule has 0 saturated carbocycles. The summed E-state index contributed by atoms with van der Waals surface area (Å²) in [5, 5.41) is 8.78. The Kier molecular flexibility index (Phi) is 3.16. The second-order valence-corrected chi connectivity index (χ2v) is 3.79. The molecule has 2 heterocycles. The topological polar surface area (TPSA) is 35.9 Å². The number of piperazine rings is 1. The molecule has 2 rings (SSSR count). The molecule has 0 unspecified atom stereocenters. The second-order valence-electron chi connectivity index (χ2n) is 3.79. The van der Waals surface area contributed by atoms with Gasteiger partial charge >= 0.3 is 0 Å². The van der Waals surface area contributed by atoms with Gasteiger partial charge in [-0.05, 0) is 0 Å². The zero-order valence-electron chi connectivity index (χ0n) is 7.98. The van der Waals surface area contributed by atoms with Gasteiger partial charge in [-0.3, -0.25) is 9.80 Å². The van der Waals surface area contributed by atoms with E-state index in [0.29, 0.717) is 6.04 Å². The van der Waals surface area contributed by atoms with E-state index in [1.165, 1.54) is 0 Å². The monoisotopic (exact) mass is 186 g/mol. The first-order valence-electron chi connectivity index (χ1n) is 5.05. The van der Waals surface area contributed by atoms with Gasteiger partial charge in [-0.1, -0.05) is 0 Å². The van der Waals surface area contributed by atoms with Crippen molar-refractivity contribution in [3.63, 3.8) is 0 Å². The largest absolute Gasteiger partial charge is 0.395 e. The Hall–Kier alpha value is -0.160. The summed E-state index contributed by atoms with van der Waals surface area (Å²) in [7, 11) is 0. The lowest BCUT2D eigenvalue weighted by molar-refractivity contribution is -0.0774. The van der Waals surface area contributed by atoms with E-state index in [1.54, 1.807) is 0 Å². The van der Waals surface area contributed by atoms with E-state index in [9.17, 15) is 0 Å². The van der Waals surface area contributed by atoms with Crippen molar-refractivity contribution in [3.8, 4) is 0 Å². The summed E-state index contributed by atoms with van der Waals surface area (Å²) in [5.41, 5.74) is 0. The predicted molar refractivity (Wildman–Crippen MR) is 49.7 cm³/mol. The van der Waals surface area contributed by atoms with Crippen LogP contribution < -0.4 is 0 Å². The number of aliphatic hydroxyl groups is 1. The van der Waals surface area contributed by atoms with Crippen molar-refractivity contribution in [2.24, 2.45) is 0 Å². The third-order valence-corrected chi connectivity index (χ3v) is 2.96. The molecule has 4 heteroatoms. The van der Waals surface area contributed by atoms with Crippen molar-refractivity contribution in [1.82, 2.24) is 9.80 Å². The van der Waals surface area contributed by atoms with Gasteiger partial charge in [-0.15, -0.1) is 0 Å². The Balaban J connectivity index is 1.69. The van der Waals surface area contributed by atoms with Crippen LogP contribution in [0.15, 0.2) is 0 Å². The SMILES string of the molecule is OCCN1CCN(C2COC2)CC1. The second kappa shape index (κ2) is 4.37. The predicted octanol–water partition coefficient (Wildman–Crippen LogP) is -1.00. The highest BCUT2D eigenvalue weighted by molar-refractivity contribution is 4.82. The van der Waals surface area contributed by atoms with E-state index >= 15 is 0 Å². The maximum absolute atomic E-state index is 8.78. The molecule has 0 bridgehead atoms. The quantitative estimate of drug-likeness (QED) is 0.613. The van der Waals surface area contributed by atoms with E-state index in [4.69, 9.17) is 9.84 Å². The minimum atomic E-state index is 0.284. The van der Waals surface area contributed by atoms with Gasteiger partial charge in [0.05, 0.1) is 25.9 Å². The summed E-state index contributed by atoms with van der Waals surface area (Å²) in [6.45, 7) is 7.40. The van der Waals surface area contributed by atoms with Gasteiger partial charge in [-0.25, -0.2) is 0 Å². The van der Waals surface area contributed by atoms with Crippen LogP contribution in [0.25, 0.3) is 0 Å². The molecule has 76 valence electrons. The molecule has 0 amide bonds. The molecule has 0 aromatic rings. The fourth-order valence-electron chi connectivity index (χ4n) is 1.93. The van der Waals surface area contributed by atoms with Gasteiger partial charge in [0.25, 0.3) is 0 Å². The Bertz CT molecular complexity index is 154. The normalized spacial score (nSPS) is 27.5. The van der Waals surface area contributed by atoms with E-state index in [1.807, 2.05) is 0 Å². The maximum atomic E-state index is 8.78. The molecule has 0 radical (unpaired) electrons. The lowest BCUT2D eigenvalue weighted by Crippen LogP contribution is -2.56. The van der Waals surface area contributed by atoms with Crippen LogP contribution in [0.3, 0.4) is 0 Å². The van der Waals surface area contributed by atoms with Gasteiger partial charge in [0.15, 0.2) is 0 Å². The summed E-state index contributed by atoms with van der Waals surface area (Å²) >= 11 is 0. The summed E-state index contributed by atoms with van der Waals surface area (Å²) in [6, 6.07) is 0.677. The summed E-state index contributed by atoms with van der Waals surface area (Å²) in [5.74, 6) is 0. The number of hydrogen-bond acceptors (Lipinski definition) is 4. The average molecular weight is 186 g/mol. The number of rotatable bonds is 3. The van der Waals surface area contributed by atoms with Crippen molar-refractivity contribution in [2.75, 3.05) is 52.5 Å². The van der Waals surface area contributed by atoms with Crippen LogP contribution in [0.4, 0.5) is 0 Å². The first-order valence-corrected chi connectivity index (χ1v) is 5.05. The third kappa shape index (κ3) is 2.20. The van der Waals surface area contributed by atoms with Crippen LogP contribution in [0.1, 0.15) is 0 Å². The molecule has 2 fully saturated rings. The van der Waals surface area contributed by atoms with Crippen LogP contribution in [-0.4, -0.2) is 73.5 Å². The highest BCUT2D eigenvalue weighted by atomic mass is 16.5. The van der Waals surface area contributed by atoms with Gasteiger partial charge in [-0.2, -0.15) is 0 Å². The smallest absolute Gasteiger partial charge is 0.0645 e. The summed E-state index contributed by atoms with van der Waals surface area (Å²) < 4.78 is 5.17. The molecular formula is C9H18N2O2. The number of aliphatic hydroxyl groups excluding tert-OH is 1. The average Bonchev–Trinajstić information content (AvgIpc) is 2.06. The lowest BCUT2D eigenvalue weighted by atomic mass is 10.2. The van der Waals surface area contributed by atoms with Gasteiger partial charge < -0.3 is 9.84 Å². The Morgan fingerprint density at radius 1 is 1.15 bits per heavy atom. The van der Waals surface area contributed by atoms with Gasteiger partial charge in [0, 0.05) is 32.7 Å². The van der Waals surface area contributed by atoms with Gasteiger partial charge in [0.2, 0.25) is 0 Å². The van der Waals surface area contributed by atoms with Crippen molar-refractivity contribution in [2.45, 2.75) is 6.04 Å². The molecule has 13 heavy (non-hydrogen) atoms. The third-order valence-electron chi connectivity index (χ3n) is 2.96. The van der Waals surface area contributed by atoms with E-state index in [2.05, 4.69) is 9.80 Å². The summed E-state index contributed by atoms with van der Waals surface area (Å²) in [4.78, 5) is 4.81. The molecule has 0 spiro atoms. The number of β-amino-alcohol motifs (C(OH)–C–C–N with tert-alkyl or cyclic N) is 1. The molecule has 0 atom stereocenters. The minimum absolute atomic E-state index is 0.284. The standard InChI is InChI=1S/C9H18N2O2/c12-6-5-10-1-3-11(4-2-10)9-7-13-8-9/h9,12H,1-8H2. The molecule has 1 N–H and O–H groups in total. The fourth-order valence-corrected chi connectivity index (χ4v) is 1.93. The molecular weight excluding hydrogens is 168 g/mol. The number of ether oxygens (including phenoxy) is 1. The van der Waals surface area contributed by atoms with Crippen molar-refractivity contribution in [1.29, 1.82) is 0 Å². The fraction of sp³-hybridized carbons (Fsp3) is 1.00. The van der Waals surface area contributed by atoms with Crippen LogP contribution >= 0.6 is 0 Å². The number of nitrogens with zero attached hydrogens (tertiary/aromatic N) is 2. The Morgan fingerprint density at radius 3 is 2.31 bits per heavy atom.